The van der Waals surface area contributed by atoms with Crippen molar-refractivity contribution in [1.29, 1.82) is 0 Å². The molecule has 0 aromatic rings. The van der Waals surface area contributed by atoms with E-state index < -0.39 is 0 Å². The summed E-state index contributed by atoms with van der Waals surface area (Å²) in [4.78, 5) is 11.6. The molecule has 72 valence electrons. The smallest absolute Gasteiger partial charge is 0.164 e. The number of ketones is 1. The lowest BCUT2D eigenvalue weighted by Crippen LogP contribution is -2.52. The quantitative estimate of drug-likeness (QED) is 0.555. The maximum atomic E-state index is 11.6. The van der Waals surface area contributed by atoms with E-state index in [-0.39, 0.29) is 36.1 Å². The van der Waals surface area contributed by atoms with Crippen LogP contribution in [0, 0.1) is 11.8 Å². The number of fused-ring (bicyclic) bond motifs is 2. The molecule has 6 atom stereocenters. The molecule has 3 heteroatoms. The summed E-state index contributed by atoms with van der Waals surface area (Å²) < 4.78 is 11.6. The van der Waals surface area contributed by atoms with Crippen LogP contribution in [-0.4, -0.2) is 30.2 Å². The highest BCUT2D eigenvalue weighted by Crippen LogP contribution is 2.46. The molecule has 0 saturated carbocycles. The van der Waals surface area contributed by atoms with E-state index in [1.54, 1.807) is 0 Å². The zero-order valence-corrected chi connectivity index (χ0v) is 7.90. The van der Waals surface area contributed by atoms with Crippen molar-refractivity contribution < 1.29 is 14.3 Å². The SMILES string of the molecule is CC1C2OC3CC(=O)[C@@H](O[C@@H]31)C2C. The number of Topliss-reactive ketones (excluding diaryl/α,β-unsaturated/α-hetero) is 1. The van der Waals surface area contributed by atoms with Gasteiger partial charge in [-0.15, -0.1) is 0 Å². The highest BCUT2D eigenvalue weighted by Gasteiger charge is 2.57. The fourth-order valence-corrected chi connectivity index (χ4v) is 3.06. The summed E-state index contributed by atoms with van der Waals surface area (Å²) >= 11 is 0. The van der Waals surface area contributed by atoms with Crippen LogP contribution in [0.25, 0.3) is 0 Å². The molecule has 3 saturated heterocycles. The predicted molar refractivity (Wildman–Crippen MR) is 45.3 cm³/mol. The van der Waals surface area contributed by atoms with Crippen LogP contribution in [0.4, 0.5) is 0 Å². The summed E-state index contributed by atoms with van der Waals surface area (Å²) in [5.41, 5.74) is 0. The zero-order valence-electron chi connectivity index (χ0n) is 7.90. The summed E-state index contributed by atoms with van der Waals surface area (Å²) in [5, 5.41) is 0. The molecule has 3 aliphatic heterocycles. The average Bonchev–Trinajstić information content (AvgIpc) is 2.25. The maximum Gasteiger partial charge on any atom is 0.164 e. The first-order valence-electron chi connectivity index (χ1n) is 5.02. The molecule has 4 unspecified atom stereocenters. The Balaban J connectivity index is 2.02. The minimum atomic E-state index is -0.176. The van der Waals surface area contributed by atoms with Crippen molar-refractivity contribution >= 4 is 5.78 Å². The van der Waals surface area contributed by atoms with Gasteiger partial charge in [-0.25, -0.2) is 0 Å². The van der Waals surface area contributed by atoms with Crippen LogP contribution in [0.15, 0.2) is 0 Å². The van der Waals surface area contributed by atoms with Crippen molar-refractivity contribution in [2.45, 2.75) is 44.7 Å². The Morgan fingerprint density at radius 1 is 1.15 bits per heavy atom. The summed E-state index contributed by atoms with van der Waals surface area (Å²) in [6, 6.07) is 0. The third-order valence-electron chi connectivity index (χ3n) is 3.75. The molecule has 3 aliphatic rings. The molecule has 0 spiro atoms. The molecule has 0 aliphatic carbocycles. The molecule has 0 N–H and O–H groups in total. The molecular weight excluding hydrogens is 168 g/mol. The lowest BCUT2D eigenvalue weighted by Gasteiger charge is -2.39. The second kappa shape index (κ2) is 2.34. The molecule has 0 amide bonds. The van der Waals surface area contributed by atoms with E-state index in [1.165, 1.54) is 0 Å². The van der Waals surface area contributed by atoms with Gasteiger partial charge in [0, 0.05) is 18.3 Å². The van der Waals surface area contributed by atoms with Crippen molar-refractivity contribution in [3.63, 3.8) is 0 Å². The van der Waals surface area contributed by atoms with Crippen molar-refractivity contribution in [2.75, 3.05) is 0 Å². The maximum absolute atomic E-state index is 11.6. The standard InChI is InChI=1S/C10H14O3/c1-4-8-5(2)10-7(12-8)3-6(11)9(4)13-10/h4-5,7-10H,3H2,1-2H3/t4?,5?,7?,8?,9-,10+/m0/s1. The molecule has 3 rings (SSSR count). The predicted octanol–water partition coefficient (Wildman–Crippen LogP) is 0.766. The van der Waals surface area contributed by atoms with Gasteiger partial charge in [0.05, 0.1) is 18.3 Å². The van der Waals surface area contributed by atoms with Gasteiger partial charge in [-0.3, -0.25) is 4.79 Å². The third-order valence-corrected chi connectivity index (χ3v) is 3.75. The van der Waals surface area contributed by atoms with Crippen LogP contribution >= 0.6 is 0 Å². The van der Waals surface area contributed by atoms with Gasteiger partial charge in [0.1, 0.15) is 6.10 Å². The lowest BCUT2D eigenvalue weighted by atomic mass is 9.78. The van der Waals surface area contributed by atoms with E-state index in [0.29, 0.717) is 12.3 Å². The topological polar surface area (TPSA) is 35.5 Å². The average molecular weight is 182 g/mol. The minimum Gasteiger partial charge on any atom is -0.371 e. The molecule has 0 radical (unpaired) electrons. The van der Waals surface area contributed by atoms with Crippen LogP contribution in [0.3, 0.4) is 0 Å². The van der Waals surface area contributed by atoms with Crippen molar-refractivity contribution in [3.05, 3.63) is 0 Å². The second-order valence-corrected chi connectivity index (χ2v) is 4.55. The summed E-state index contributed by atoms with van der Waals surface area (Å²) in [6.07, 6.45) is 0.878. The Morgan fingerprint density at radius 3 is 2.69 bits per heavy atom. The van der Waals surface area contributed by atoms with E-state index in [0.717, 1.165) is 0 Å². The number of carbonyl (C=O) groups excluding carboxylic acids is 1. The number of rotatable bonds is 0. The summed E-state index contributed by atoms with van der Waals surface area (Å²) in [6.45, 7) is 4.23. The molecule has 3 bridgehead atoms. The first kappa shape index (κ1) is 7.94. The minimum absolute atomic E-state index is 0.0497. The first-order chi connectivity index (χ1) is 6.18. The first-order valence-corrected chi connectivity index (χ1v) is 5.02. The van der Waals surface area contributed by atoms with E-state index in [4.69, 9.17) is 9.47 Å². The largest absolute Gasteiger partial charge is 0.371 e. The Labute approximate surface area is 77.4 Å². The molecule has 0 aromatic heterocycles. The highest BCUT2D eigenvalue weighted by molar-refractivity contribution is 5.85. The molecule has 3 fully saturated rings. The summed E-state index contributed by atoms with van der Waals surface area (Å²) in [5.74, 6) is 0.943. The van der Waals surface area contributed by atoms with Crippen molar-refractivity contribution in [2.24, 2.45) is 11.8 Å². The number of carbonyl (C=O) groups is 1. The number of ether oxygens (including phenoxy) is 2. The fourth-order valence-electron chi connectivity index (χ4n) is 3.06. The highest BCUT2D eigenvalue weighted by atomic mass is 16.6. The van der Waals surface area contributed by atoms with Gasteiger partial charge in [-0.2, -0.15) is 0 Å². The number of hydrogen-bond acceptors (Lipinski definition) is 3. The van der Waals surface area contributed by atoms with Crippen LogP contribution in [0.1, 0.15) is 20.3 Å². The molecule has 3 heterocycles. The normalized spacial score (nSPS) is 58.8. The van der Waals surface area contributed by atoms with Crippen LogP contribution in [-0.2, 0) is 14.3 Å². The molecule has 0 aromatic carbocycles. The van der Waals surface area contributed by atoms with E-state index >= 15 is 0 Å². The second-order valence-electron chi connectivity index (χ2n) is 4.55. The summed E-state index contributed by atoms with van der Waals surface area (Å²) in [7, 11) is 0. The Bertz CT molecular complexity index is 263. The third kappa shape index (κ3) is 0.842. The van der Waals surface area contributed by atoms with Gasteiger partial charge in [0.25, 0.3) is 0 Å². The van der Waals surface area contributed by atoms with Gasteiger partial charge in [-0.05, 0) is 0 Å². The van der Waals surface area contributed by atoms with E-state index in [2.05, 4.69) is 13.8 Å². The van der Waals surface area contributed by atoms with Crippen LogP contribution in [0.5, 0.6) is 0 Å². The molecule has 13 heavy (non-hydrogen) atoms. The molecular formula is C10H14O3. The van der Waals surface area contributed by atoms with Gasteiger partial charge in [0.2, 0.25) is 0 Å². The Hall–Kier alpha value is -0.410. The Morgan fingerprint density at radius 2 is 1.92 bits per heavy atom. The lowest BCUT2D eigenvalue weighted by molar-refractivity contribution is -0.158. The molecule has 3 nitrogen and oxygen atoms in total. The van der Waals surface area contributed by atoms with Crippen molar-refractivity contribution in [3.8, 4) is 0 Å². The number of hydrogen-bond donors (Lipinski definition) is 0. The van der Waals surface area contributed by atoms with Gasteiger partial charge < -0.3 is 9.47 Å². The van der Waals surface area contributed by atoms with Gasteiger partial charge in [-0.1, -0.05) is 13.8 Å². The fraction of sp³-hybridized carbons (Fsp3) is 0.900. The van der Waals surface area contributed by atoms with Gasteiger partial charge in [0.15, 0.2) is 5.78 Å². The van der Waals surface area contributed by atoms with E-state index in [1.807, 2.05) is 0 Å². The van der Waals surface area contributed by atoms with Crippen LogP contribution < -0.4 is 0 Å². The van der Waals surface area contributed by atoms with E-state index in [9.17, 15) is 4.79 Å². The van der Waals surface area contributed by atoms with Crippen LogP contribution in [0.2, 0.25) is 0 Å². The van der Waals surface area contributed by atoms with Gasteiger partial charge >= 0.3 is 0 Å². The Kier molecular flexibility index (Phi) is 1.43. The van der Waals surface area contributed by atoms with Crippen molar-refractivity contribution in [1.82, 2.24) is 0 Å². The monoisotopic (exact) mass is 182 g/mol. The zero-order chi connectivity index (χ0) is 9.16.